The molecule has 0 saturated carbocycles. The number of aromatic nitrogens is 2. The van der Waals surface area contributed by atoms with Crippen LogP contribution >= 0.6 is 23.1 Å². The molecule has 0 atom stereocenters. The van der Waals surface area contributed by atoms with Crippen molar-refractivity contribution >= 4 is 29.0 Å². The number of aromatic amines is 1. The van der Waals surface area contributed by atoms with Gasteiger partial charge in [-0.3, -0.25) is 4.79 Å². The molecule has 118 valence electrons. The van der Waals surface area contributed by atoms with Crippen LogP contribution in [-0.4, -0.2) is 28.2 Å². The number of carbonyl (C=O) groups excluding carboxylic acids is 1. The Morgan fingerprint density at radius 1 is 1.30 bits per heavy atom. The Morgan fingerprint density at radius 2 is 2.13 bits per heavy atom. The molecule has 0 spiro atoms. The van der Waals surface area contributed by atoms with Gasteiger partial charge in [0.25, 0.3) is 5.91 Å². The fourth-order valence-electron chi connectivity index (χ4n) is 2.06. The van der Waals surface area contributed by atoms with Gasteiger partial charge in [0.2, 0.25) is 0 Å². The number of H-pyrrole nitrogens is 1. The van der Waals surface area contributed by atoms with Crippen LogP contribution in [-0.2, 0) is 0 Å². The van der Waals surface area contributed by atoms with Gasteiger partial charge in [0.1, 0.15) is 0 Å². The average molecular weight is 343 g/mol. The minimum absolute atomic E-state index is 0.0135. The van der Waals surface area contributed by atoms with Gasteiger partial charge in [-0.1, -0.05) is 47.7 Å². The maximum absolute atomic E-state index is 11.8. The zero-order valence-electron chi connectivity index (χ0n) is 12.7. The zero-order chi connectivity index (χ0) is 16.1. The van der Waals surface area contributed by atoms with Crippen LogP contribution in [0.5, 0.6) is 0 Å². The topological polar surface area (TPSA) is 57.8 Å². The molecule has 2 N–H and O–H groups in total. The first kappa shape index (κ1) is 15.8. The van der Waals surface area contributed by atoms with Crippen LogP contribution in [0.2, 0.25) is 0 Å². The molecule has 3 rings (SSSR count). The minimum atomic E-state index is -0.0135. The summed E-state index contributed by atoms with van der Waals surface area (Å²) < 4.78 is 0. The lowest BCUT2D eigenvalue weighted by molar-refractivity contribution is 0.0960. The molecule has 0 aliphatic rings. The summed E-state index contributed by atoms with van der Waals surface area (Å²) in [5.74, 6) is 0.762. The van der Waals surface area contributed by atoms with Crippen LogP contribution in [0.25, 0.3) is 11.3 Å². The van der Waals surface area contributed by atoms with Crippen LogP contribution in [0.4, 0.5) is 0 Å². The summed E-state index contributed by atoms with van der Waals surface area (Å²) in [5.41, 5.74) is 3.38. The van der Waals surface area contributed by atoms with E-state index in [1.54, 1.807) is 11.8 Å². The molecule has 1 amide bonds. The van der Waals surface area contributed by atoms with Gasteiger partial charge in [0, 0.05) is 12.3 Å². The lowest BCUT2D eigenvalue weighted by Crippen LogP contribution is -2.24. The molecule has 3 aromatic rings. The van der Waals surface area contributed by atoms with E-state index in [0.717, 1.165) is 27.0 Å². The van der Waals surface area contributed by atoms with Gasteiger partial charge >= 0.3 is 0 Å². The minimum Gasteiger partial charge on any atom is -0.350 e. The number of hydrogen-bond donors (Lipinski definition) is 2. The number of benzene rings is 1. The smallest absolute Gasteiger partial charge is 0.261 e. The SMILES string of the molecule is Cc1ccc(-c2cnc(SCCNC(=O)c3cccs3)[nH]2)cc1. The highest BCUT2D eigenvalue weighted by Gasteiger charge is 2.06. The van der Waals surface area contributed by atoms with Gasteiger partial charge in [0.15, 0.2) is 5.16 Å². The van der Waals surface area contributed by atoms with Crippen LogP contribution in [0.15, 0.2) is 53.1 Å². The Balaban J connectivity index is 1.48. The Morgan fingerprint density at radius 3 is 2.87 bits per heavy atom. The summed E-state index contributed by atoms with van der Waals surface area (Å²) in [5, 5.41) is 5.68. The molecule has 0 aliphatic carbocycles. The van der Waals surface area contributed by atoms with E-state index in [-0.39, 0.29) is 5.91 Å². The third kappa shape index (κ3) is 4.24. The molecule has 1 aromatic carbocycles. The van der Waals surface area contributed by atoms with Crippen molar-refractivity contribution in [2.75, 3.05) is 12.3 Å². The summed E-state index contributed by atoms with van der Waals surface area (Å²) in [6.07, 6.45) is 1.84. The van der Waals surface area contributed by atoms with Crippen molar-refractivity contribution in [2.24, 2.45) is 0 Å². The first-order valence-corrected chi connectivity index (χ1v) is 9.15. The normalized spacial score (nSPS) is 10.7. The fourth-order valence-corrected chi connectivity index (χ4v) is 3.41. The second kappa shape index (κ2) is 7.48. The summed E-state index contributed by atoms with van der Waals surface area (Å²) in [7, 11) is 0. The second-order valence-electron chi connectivity index (χ2n) is 5.05. The van der Waals surface area contributed by atoms with E-state index in [1.807, 2.05) is 23.7 Å². The maximum atomic E-state index is 11.8. The lowest BCUT2D eigenvalue weighted by atomic mass is 10.1. The highest BCUT2D eigenvalue weighted by Crippen LogP contribution is 2.21. The predicted octanol–water partition coefficient (Wildman–Crippen LogP) is 3.97. The third-order valence-corrected chi connectivity index (χ3v) is 5.04. The summed E-state index contributed by atoms with van der Waals surface area (Å²) in [6.45, 7) is 2.68. The van der Waals surface area contributed by atoms with Gasteiger partial charge < -0.3 is 10.3 Å². The van der Waals surface area contributed by atoms with Crippen LogP contribution in [0.3, 0.4) is 0 Å². The first-order valence-electron chi connectivity index (χ1n) is 7.29. The Kier molecular flexibility index (Phi) is 5.15. The second-order valence-corrected chi connectivity index (χ2v) is 7.08. The summed E-state index contributed by atoms with van der Waals surface area (Å²) >= 11 is 3.05. The Hall–Kier alpha value is -2.05. The molecule has 0 bridgehead atoms. The quantitative estimate of drug-likeness (QED) is 0.526. The lowest BCUT2D eigenvalue weighted by Gasteiger charge is -2.02. The molecular formula is C17H17N3OS2. The maximum Gasteiger partial charge on any atom is 0.261 e. The molecule has 0 unspecified atom stereocenters. The van der Waals surface area contributed by atoms with Gasteiger partial charge in [-0.15, -0.1) is 11.3 Å². The van der Waals surface area contributed by atoms with E-state index in [2.05, 4.69) is 46.5 Å². The zero-order valence-corrected chi connectivity index (χ0v) is 14.3. The number of nitrogens with one attached hydrogen (secondary N) is 2. The van der Waals surface area contributed by atoms with Crippen LogP contribution in [0.1, 0.15) is 15.2 Å². The molecule has 0 aliphatic heterocycles. The van der Waals surface area contributed by atoms with E-state index in [9.17, 15) is 4.79 Å². The van der Waals surface area contributed by atoms with Crippen molar-refractivity contribution in [3.05, 3.63) is 58.4 Å². The average Bonchev–Trinajstić information content (AvgIpc) is 3.24. The van der Waals surface area contributed by atoms with Crippen molar-refractivity contribution in [3.8, 4) is 11.3 Å². The van der Waals surface area contributed by atoms with Gasteiger partial charge in [-0.2, -0.15) is 0 Å². The summed E-state index contributed by atoms with van der Waals surface area (Å²) in [6, 6.07) is 12.0. The largest absolute Gasteiger partial charge is 0.350 e. The number of thioether (sulfide) groups is 1. The molecule has 0 fully saturated rings. The number of nitrogens with zero attached hydrogens (tertiary/aromatic N) is 1. The van der Waals surface area contributed by atoms with E-state index in [4.69, 9.17) is 0 Å². The molecule has 23 heavy (non-hydrogen) atoms. The van der Waals surface area contributed by atoms with Crippen LogP contribution in [0, 0.1) is 6.92 Å². The highest BCUT2D eigenvalue weighted by molar-refractivity contribution is 7.99. The predicted molar refractivity (Wildman–Crippen MR) is 96.1 cm³/mol. The number of aryl methyl sites for hydroxylation is 1. The van der Waals surface area contributed by atoms with Gasteiger partial charge in [-0.05, 0) is 23.9 Å². The van der Waals surface area contributed by atoms with Crippen molar-refractivity contribution in [2.45, 2.75) is 12.1 Å². The van der Waals surface area contributed by atoms with Crippen molar-refractivity contribution in [3.63, 3.8) is 0 Å². The van der Waals surface area contributed by atoms with E-state index in [1.165, 1.54) is 16.9 Å². The van der Waals surface area contributed by atoms with Gasteiger partial charge in [0.05, 0.1) is 16.8 Å². The van der Waals surface area contributed by atoms with Gasteiger partial charge in [-0.25, -0.2) is 4.98 Å². The van der Waals surface area contributed by atoms with Crippen LogP contribution < -0.4 is 5.32 Å². The molecular weight excluding hydrogens is 326 g/mol. The monoisotopic (exact) mass is 343 g/mol. The van der Waals surface area contributed by atoms with Crippen molar-refractivity contribution in [1.29, 1.82) is 0 Å². The first-order chi connectivity index (χ1) is 11.2. The number of hydrogen-bond acceptors (Lipinski definition) is 4. The third-order valence-electron chi connectivity index (χ3n) is 3.29. The van der Waals surface area contributed by atoms with E-state index < -0.39 is 0 Å². The number of thiophene rings is 1. The number of imidazole rings is 1. The molecule has 0 radical (unpaired) electrons. The molecule has 4 nitrogen and oxygen atoms in total. The highest BCUT2D eigenvalue weighted by atomic mass is 32.2. The molecule has 6 heteroatoms. The number of carbonyl (C=O) groups is 1. The molecule has 0 saturated heterocycles. The van der Waals surface area contributed by atoms with Crippen molar-refractivity contribution < 1.29 is 4.79 Å². The molecule has 2 aromatic heterocycles. The van der Waals surface area contributed by atoms with Crippen molar-refractivity contribution in [1.82, 2.24) is 15.3 Å². The number of rotatable bonds is 6. The summed E-state index contributed by atoms with van der Waals surface area (Å²) in [4.78, 5) is 20.2. The Labute approximate surface area is 143 Å². The standard InChI is InChI=1S/C17H17N3OS2/c1-12-4-6-13(7-5-12)14-11-19-17(20-14)23-10-8-18-16(21)15-3-2-9-22-15/h2-7,9,11H,8,10H2,1H3,(H,18,21)(H,19,20). The Bertz CT molecular complexity index is 764. The fraction of sp³-hybridized carbons (Fsp3) is 0.176. The molecule has 2 heterocycles. The van der Waals surface area contributed by atoms with E-state index in [0.29, 0.717) is 6.54 Å². The van der Waals surface area contributed by atoms with E-state index >= 15 is 0 Å². The number of amides is 1.